The van der Waals surface area contributed by atoms with Crippen LogP contribution in [0.3, 0.4) is 0 Å². The van der Waals surface area contributed by atoms with Gasteiger partial charge in [0.05, 0.1) is 17.1 Å². The summed E-state index contributed by atoms with van der Waals surface area (Å²) in [6, 6.07) is 4.08. The Morgan fingerprint density at radius 1 is 1.39 bits per heavy atom. The highest BCUT2D eigenvalue weighted by molar-refractivity contribution is 7.20. The monoisotopic (exact) mass is 347 g/mol. The molecule has 0 fully saturated rings. The molecule has 6 nitrogen and oxygen atoms in total. The summed E-state index contributed by atoms with van der Waals surface area (Å²) in [5, 5.41) is 9.11. The molecule has 3 aromatic rings. The van der Waals surface area contributed by atoms with Crippen molar-refractivity contribution in [3.8, 4) is 9.88 Å². The molecule has 0 radical (unpaired) electrons. The number of aryl methyl sites for hydroxylation is 1. The van der Waals surface area contributed by atoms with Crippen molar-refractivity contribution in [1.29, 1.82) is 0 Å². The van der Waals surface area contributed by atoms with Gasteiger partial charge >= 0.3 is 0 Å². The summed E-state index contributed by atoms with van der Waals surface area (Å²) in [5.41, 5.74) is 0.936. The number of aromatic nitrogens is 4. The fourth-order valence-corrected chi connectivity index (χ4v) is 3.78. The standard InChI is InChI=1S/C15H17N5OS2/c1-19(14(21)5-2-6-20-11-16-10-17-20)8-12-9-23-15(18-12)13-4-3-7-22-13/h3-4,7,9-11H,2,5-6,8H2,1H3. The van der Waals surface area contributed by atoms with Crippen LogP contribution in [0.15, 0.2) is 35.5 Å². The molecule has 120 valence electrons. The van der Waals surface area contributed by atoms with Crippen molar-refractivity contribution in [3.05, 3.63) is 41.2 Å². The number of amides is 1. The highest BCUT2D eigenvalue weighted by Gasteiger charge is 2.12. The van der Waals surface area contributed by atoms with Crippen LogP contribution in [0.1, 0.15) is 18.5 Å². The summed E-state index contributed by atoms with van der Waals surface area (Å²) in [5.74, 6) is 0.121. The van der Waals surface area contributed by atoms with E-state index in [1.54, 1.807) is 38.6 Å². The van der Waals surface area contributed by atoms with Gasteiger partial charge in [0.2, 0.25) is 5.91 Å². The molecule has 3 heterocycles. The quantitative estimate of drug-likeness (QED) is 0.659. The van der Waals surface area contributed by atoms with Gasteiger partial charge in [0.25, 0.3) is 0 Å². The molecular weight excluding hydrogens is 330 g/mol. The number of hydrogen-bond donors (Lipinski definition) is 0. The lowest BCUT2D eigenvalue weighted by Gasteiger charge is -2.15. The van der Waals surface area contributed by atoms with Crippen molar-refractivity contribution in [2.24, 2.45) is 0 Å². The summed E-state index contributed by atoms with van der Waals surface area (Å²) < 4.78 is 1.74. The molecule has 0 unspecified atom stereocenters. The minimum Gasteiger partial charge on any atom is -0.340 e. The molecule has 0 aliphatic carbocycles. The average Bonchev–Trinajstić information content (AvgIpc) is 3.29. The van der Waals surface area contributed by atoms with E-state index in [9.17, 15) is 4.79 Å². The summed E-state index contributed by atoms with van der Waals surface area (Å²) in [6.45, 7) is 1.25. The third-order valence-corrected chi connectivity index (χ3v) is 5.28. The number of carbonyl (C=O) groups is 1. The minimum absolute atomic E-state index is 0.121. The molecule has 1 amide bonds. The first-order chi connectivity index (χ1) is 11.2. The van der Waals surface area contributed by atoms with Gasteiger partial charge in [-0.15, -0.1) is 22.7 Å². The maximum absolute atomic E-state index is 12.2. The Bertz CT molecular complexity index is 736. The van der Waals surface area contributed by atoms with Gasteiger partial charge in [-0.1, -0.05) is 6.07 Å². The lowest BCUT2D eigenvalue weighted by molar-refractivity contribution is -0.130. The molecule has 0 aliphatic rings. The SMILES string of the molecule is CN(Cc1csc(-c2cccs2)n1)C(=O)CCCn1cncn1. The van der Waals surface area contributed by atoms with Gasteiger partial charge in [-0.3, -0.25) is 9.48 Å². The number of thiazole rings is 1. The summed E-state index contributed by atoms with van der Waals surface area (Å²) >= 11 is 3.30. The highest BCUT2D eigenvalue weighted by atomic mass is 32.1. The highest BCUT2D eigenvalue weighted by Crippen LogP contribution is 2.28. The van der Waals surface area contributed by atoms with E-state index in [-0.39, 0.29) is 5.91 Å². The predicted molar refractivity (Wildman–Crippen MR) is 91.2 cm³/mol. The Morgan fingerprint density at radius 2 is 2.30 bits per heavy atom. The van der Waals surface area contributed by atoms with E-state index in [1.165, 1.54) is 11.2 Å². The summed E-state index contributed by atoms with van der Waals surface area (Å²) in [7, 11) is 1.82. The van der Waals surface area contributed by atoms with Gasteiger partial charge in [-0.25, -0.2) is 9.97 Å². The second-order valence-corrected chi connectivity index (χ2v) is 6.94. The van der Waals surface area contributed by atoms with Gasteiger partial charge < -0.3 is 4.90 Å². The van der Waals surface area contributed by atoms with Gasteiger partial charge in [-0.2, -0.15) is 5.10 Å². The molecule has 8 heteroatoms. The molecule has 0 saturated heterocycles. The fourth-order valence-electron chi connectivity index (χ4n) is 2.16. The topological polar surface area (TPSA) is 63.9 Å². The molecule has 0 bridgehead atoms. The Hall–Kier alpha value is -2.06. The van der Waals surface area contributed by atoms with Crippen LogP contribution in [-0.2, 0) is 17.9 Å². The van der Waals surface area contributed by atoms with Crippen molar-refractivity contribution in [2.45, 2.75) is 25.9 Å². The van der Waals surface area contributed by atoms with Crippen LogP contribution in [-0.4, -0.2) is 37.6 Å². The fraction of sp³-hybridized carbons (Fsp3) is 0.333. The second kappa shape index (κ2) is 7.47. The van der Waals surface area contributed by atoms with E-state index in [4.69, 9.17) is 0 Å². The zero-order chi connectivity index (χ0) is 16.1. The minimum atomic E-state index is 0.121. The molecular formula is C15H17N5OS2. The van der Waals surface area contributed by atoms with Crippen LogP contribution in [0.2, 0.25) is 0 Å². The maximum atomic E-state index is 12.2. The molecule has 3 rings (SSSR count). The van der Waals surface area contributed by atoms with E-state index in [0.717, 1.165) is 17.1 Å². The third kappa shape index (κ3) is 4.23. The lowest BCUT2D eigenvalue weighted by Crippen LogP contribution is -2.26. The largest absolute Gasteiger partial charge is 0.340 e. The molecule has 0 N–H and O–H groups in total. The Morgan fingerprint density at radius 3 is 3.04 bits per heavy atom. The Kier molecular flexibility index (Phi) is 5.14. The molecule has 0 atom stereocenters. The molecule has 0 spiro atoms. The van der Waals surface area contributed by atoms with Crippen molar-refractivity contribution in [2.75, 3.05) is 7.05 Å². The zero-order valence-corrected chi connectivity index (χ0v) is 14.4. The van der Waals surface area contributed by atoms with Crippen molar-refractivity contribution in [3.63, 3.8) is 0 Å². The predicted octanol–water partition coefficient (Wildman–Crippen LogP) is 2.90. The Labute approximate surface area is 142 Å². The van der Waals surface area contributed by atoms with E-state index >= 15 is 0 Å². The first kappa shape index (κ1) is 15.8. The van der Waals surface area contributed by atoms with Gasteiger partial charge in [-0.05, 0) is 17.9 Å². The first-order valence-corrected chi connectivity index (χ1v) is 9.03. The second-order valence-electron chi connectivity index (χ2n) is 5.13. The summed E-state index contributed by atoms with van der Waals surface area (Å²) in [6.07, 6.45) is 4.42. The van der Waals surface area contributed by atoms with Crippen LogP contribution >= 0.6 is 22.7 Å². The molecule has 3 aromatic heterocycles. The number of hydrogen-bond acceptors (Lipinski definition) is 6. The number of thiophene rings is 1. The summed E-state index contributed by atoms with van der Waals surface area (Å²) in [4.78, 5) is 23.6. The van der Waals surface area contributed by atoms with Crippen LogP contribution in [0, 0.1) is 0 Å². The van der Waals surface area contributed by atoms with Crippen LogP contribution in [0.4, 0.5) is 0 Å². The van der Waals surface area contributed by atoms with E-state index < -0.39 is 0 Å². The van der Waals surface area contributed by atoms with Gasteiger partial charge in [0.15, 0.2) is 0 Å². The van der Waals surface area contributed by atoms with Crippen molar-refractivity contribution >= 4 is 28.6 Å². The van der Waals surface area contributed by atoms with E-state index in [0.29, 0.717) is 19.5 Å². The van der Waals surface area contributed by atoms with E-state index in [2.05, 4.69) is 21.1 Å². The molecule has 0 aliphatic heterocycles. The third-order valence-electron chi connectivity index (χ3n) is 3.35. The van der Waals surface area contributed by atoms with E-state index in [1.807, 2.05) is 23.9 Å². The number of carbonyl (C=O) groups excluding carboxylic acids is 1. The lowest BCUT2D eigenvalue weighted by atomic mass is 10.2. The maximum Gasteiger partial charge on any atom is 0.222 e. The number of nitrogens with zero attached hydrogens (tertiary/aromatic N) is 5. The Balaban J connectivity index is 1.48. The molecule has 0 aromatic carbocycles. The van der Waals surface area contributed by atoms with Crippen LogP contribution < -0.4 is 0 Å². The first-order valence-electron chi connectivity index (χ1n) is 7.27. The van der Waals surface area contributed by atoms with Crippen LogP contribution in [0.25, 0.3) is 9.88 Å². The van der Waals surface area contributed by atoms with Gasteiger partial charge in [0.1, 0.15) is 17.7 Å². The van der Waals surface area contributed by atoms with Crippen molar-refractivity contribution in [1.82, 2.24) is 24.6 Å². The van der Waals surface area contributed by atoms with Crippen LogP contribution in [0.5, 0.6) is 0 Å². The normalized spacial score (nSPS) is 10.8. The molecule has 0 saturated carbocycles. The van der Waals surface area contributed by atoms with Gasteiger partial charge in [0, 0.05) is 25.4 Å². The van der Waals surface area contributed by atoms with Crippen molar-refractivity contribution < 1.29 is 4.79 Å². The average molecular weight is 347 g/mol. The zero-order valence-electron chi connectivity index (χ0n) is 12.8. The smallest absolute Gasteiger partial charge is 0.222 e. The molecule has 23 heavy (non-hydrogen) atoms. The number of rotatable bonds is 7.